The van der Waals surface area contributed by atoms with E-state index in [4.69, 9.17) is 9.47 Å². The van der Waals surface area contributed by atoms with Crippen molar-refractivity contribution in [1.82, 2.24) is 4.98 Å². The van der Waals surface area contributed by atoms with Crippen LogP contribution in [0.3, 0.4) is 0 Å². The normalized spacial score (nSPS) is 14.7. The molecular weight excluding hydrogens is 324 g/mol. The molecule has 1 aliphatic carbocycles. The van der Waals surface area contributed by atoms with Gasteiger partial charge in [0.25, 0.3) is 0 Å². The van der Waals surface area contributed by atoms with Gasteiger partial charge in [-0.05, 0) is 60.1 Å². The molecule has 4 heteroatoms. The minimum Gasteiger partial charge on any atom is -0.481 e. The van der Waals surface area contributed by atoms with Gasteiger partial charge in [-0.25, -0.2) is 9.98 Å². The predicted octanol–water partition coefficient (Wildman–Crippen LogP) is 5.24. The molecule has 1 aliphatic rings. The molecule has 1 heterocycles. The van der Waals surface area contributed by atoms with Gasteiger partial charge in [-0.3, -0.25) is 0 Å². The van der Waals surface area contributed by atoms with E-state index in [9.17, 15) is 0 Å². The standard InChI is InChI=1S/C22H24N2O2/c1-17(2)19-10-7-12-21(14-13-19)26-18(3)23-15-6-5-9-20-11-8-16-24-22(20)25-4/h5-9,11-17H,1-4H3/b9-5+,15-6-,23-18?. The molecule has 0 bridgehead atoms. The van der Waals surface area contributed by atoms with Gasteiger partial charge >= 0.3 is 0 Å². The Balaban J connectivity index is 1.92. The average molecular weight is 348 g/mol. The van der Waals surface area contributed by atoms with Crippen LogP contribution in [0, 0.1) is 5.92 Å². The van der Waals surface area contributed by atoms with Gasteiger partial charge in [-0.15, -0.1) is 5.73 Å². The van der Waals surface area contributed by atoms with Gasteiger partial charge in [-0.2, -0.15) is 0 Å². The molecule has 2 rings (SSSR count). The first-order chi connectivity index (χ1) is 12.6. The second-order valence-electron chi connectivity index (χ2n) is 5.88. The zero-order valence-corrected chi connectivity index (χ0v) is 15.6. The molecule has 0 saturated heterocycles. The van der Waals surface area contributed by atoms with E-state index in [1.807, 2.05) is 61.6 Å². The van der Waals surface area contributed by atoms with Gasteiger partial charge in [0.15, 0.2) is 5.90 Å². The van der Waals surface area contributed by atoms with Crippen LogP contribution in [0.1, 0.15) is 26.3 Å². The molecule has 0 fully saturated rings. The van der Waals surface area contributed by atoms with Crippen LogP contribution in [0.5, 0.6) is 5.88 Å². The third-order valence-corrected chi connectivity index (χ3v) is 3.54. The largest absolute Gasteiger partial charge is 0.481 e. The molecule has 0 aromatic carbocycles. The zero-order chi connectivity index (χ0) is 18.8. The third-order valence-electron chi connectivity index (χ3n) is 3.54. The topological polar surface area (TPSA) is 43.7 Å². The van der Waals surface area contributed by atoms with Crippen molar-refractivity contribution in [3.05, 3.63) is 83.6 Å². The molecule has 0 spiro atoms. The molecule has 0 saturated carbocycles. The minimum absolute atomic E-state index is 0.429. The predicted molar refractivity (Wildman–Crippen MR) is 107 cm³/mol. The molecule has 134 valence electrons. The van der Waals surface area contributed by atoms with Crippen LogP contribution < -0.4 is 4.74 Å². The summed E-state index contributed by atoms with van der Waals surface area (Å²) in [7, 11) is 1.60. The van der Waals surface area contributed by atoms with Crippen LogP contribution in [0.4, 0.5) is 0 Å². The SMILES string of the molecule is COc1ncccc1/C=C/C=C\N=C(C)OC1=CC=C=C(C(C)C)C=C1. The van der Waals surface area contributed by atoms with Crippen LogP contribution in [-0.4, -0.2) is 18.0 Å². The van der Waals surface area contributed by atoms with E-state index in [1.165, 1.54) is 0 Å². The Labute approximate surface area is 155 Å². The number of methoxy groups -OCH3 is 1. The van der Waals surface area contributed by atoms with Gasteiger partial charge in [-0.1, -0.05) is 19.9 Å². The molecule has 4 nitrogen and oxygen atoms in total. The number of hydrogen-bond donors (Lipinski definition) is 0. The molecule has 1 aromatic heterocycles. The van der Waals surface area contributed by atoms with E-state index < -0.39 is 0 Å². The van der Waals surface area contributed by atoms with Gasteiger partial charge in [0.1, 0.15) is 5.76 Å². The number of rotatable bonds is 6. The summed E-state index contributed by atoms with van der Waals surface area (Å²) in [5.74, 6) is 2.32. The minimum atomic E-state index is 0.429. The Morgan fingerprint density at radius 1 is 1.27 bits per heavy atom. The fraction of sp³-hybridized carbons (Fsp3) is 0.227. The molecule has 0 aliphatic heterocycles. The summed E-state index contributed by atoms with van der Waals surface area (Å²) in [6.45, 7) is 6.09. The lowest BCUT2D eigenvalue weighted by molar-refractivity contribution is 0.397. The number of aliphatic imine (C=N–C) groups is 1. The van der Waals surface area contributed by atoms with Crippen molar-refractivity contribution in [2.75, 3.05) is 7.11 Å². The lowest BCUT2D eigenvalue weighted by Crippen LogP contribution is -1.97. The maximum Gasteiger partial charge on any atom is 0.220 e. The van der Waals surface area contributed by atoms with Crippen LogP contribution >= 0.6 is 0 Å². The Kier molecular flexibility index (Phi) is 7.41. The Bertz CT molecular complexity index is 833. The van der Waals surface area contributed by atoms with E-state index in [0.29, 0.717) is 17.7 Å². The van der Waals surface area contributed by atoms with Crippen LogP contribution in [0.25, 0.3) is 6.08 Å². The number of ether oxygens (including phenoxy) is 2. The zero-order valence-electron chi connectivity index (χ0n) is 15.6. The van der Waals surface area contributed by atoms with Crippen molar-refractivity contribution in [1.29, 1.82) is 0 Å². The highest BCUT2D eigenvalue weighted by Crippen LogP contribution is 2.16. The maximum absolute atomic E-state index is 5.74. The van der Waals surface area contributed by atoms with Gasteiger partial charge < -0.3 is 9.47 Å². The van der Waals surface area contributed by atoms with E-state index in [-0.39, 0.29) is 0 Å². The molecule has 0 amide bonds. The highest BCUT2D eigenvalue weighted by Gasteiger charge is 2.02. The molecule has 0 N–H and O–H groups in total. The summed E-state index contributed by atoms with van der Waals surface area (Å²) < 4.78 is 10.9. The summed E-state index contributed by atoms with van der Waals surface area (Å²) in [5, 5.41) is 0. The number of aromatic nitrogens is 1. The second-order valence-corrected chi connectivity index (χ2v) is 5.88. The lowest BCUT2D eigenvalue weighted by Gasteiger charge is -2.04. The van der Waals surface area contributed by atoms with Crippen LogP contribution in [-0.2, 0) is 4.74 Å². The number of nitrogens with zero attached hydrogens (tertiary/aromatic N) is 2. The smallest absolute Gasteiger partial charge is 0.220 e. The number of hydrogen-bond acceptors (Lipinski definition) is 4. The molecule has 0 atom stereocenters. The van der Waals surface area contributed by atoms with Crippen molar-refractivity contribution in [3.63, 3.8) is 0 Å². The Hall–Kier alpha value is -3.10. The van der Waals surface area contributed by atoms with Gasteiger partial charge in [0.2, 0.25) is 5.88 Å². The van der Waals surface area contributed by atoms with Gasteiger partial charge in [0.05, 0.1) is 7.11 Å². The summed E-state index contributed by atoms with van der Waals surface area (Å²) in [6.07, 6.45) is 16.7. The summed E-state index contributed by atoms with van der Waals surface area (Å²) in [5.41, 5.74) is 5.29. The second kappa shape index (κ2) is 10.0. The first-order valence-electron chi connectivity index (χ1n) is 8.49. The van der Waals surface area contributed by atoms with Crippen molar-refractivity contribution in [2.24, 2.45) is 10.9 Å². The first kappa shape index (κ1) is 19.2. The highest BCUT2D eigenvalue weighted by molar-refractivity contribution is 5.75. The van der Waals surface area contributed by atoms with Gasteiger partial charge in [0, 0.05) is 24.9 Å². The Morgan fingerprint density at radius 2 is 2.12 bits per heavy atom. The maximum atomic E-state index is 5.74. The fourth-order valence-corrected chi connectivity index (χ4v) is 2.18. The van der Waals surface area contributed by atoms with Crippen molar-refractivity contribution < 1.29 is 9.47 Å². The Morgan fingerprint density at radius 3 is 2.88 bits per heavy atom. The summed E-state index contributed by atoms with van der Waals surface area (Å²) in [4.78, 5) is 8.42. The number of allylic oxidation sites excluding steroid dienone is 6. The van der Waals surface area contributed by atoms with Crippen molar-refractivity contribution >= 4 is 12.0 Å². The summed E-state index contributed by atoms with van der Waals surface area (Å²) in [6, 6.07) is 3.80. The lowest BCUT2D eigenvalue weighted by atomic mass is 10.0. The summed E-state index contributed by atoms with van der Waals surface area (Å²) >= 11 is 0. The first-order valence-corrected chi connectivity index (χ1v) is 8.49. The van der Waals surface area contributed by atoms with Crippen molar-refractivity contribution in [3.8, 4) is 5.88 Å². The van der Waals surface area contributed by atoms with E-state index in [0.717, 1.165) is 16.9 Å². The fourth-order valence-electron chi connectivity index (χ4n) is 2.18. The molecular formula is C22H24N2O2. The molecule has 0 unspecified atom stereocenters. The van der Waals surface area contributed by atoms with E-state index in [1.54, 1.807) is 19.5 Å². The monoisotopic (exact) mass is 348 g/mol. The van der Waals surface area contributed by atoms with Crippen LogP contribution in [0.15, 0.2) is 83.0 Å². The molecule has 1 aromatic rings. The molecule has 0 radical (unpaired) electrons. The number of pyridine rings is 1. The quantitative estimate of drug-likeness (QED) is 0.305. The third kappa shape index (κ3) is 6.08. The molecule has 26 heavy (non-hydrogen) atoms. The van der Waals surface area contributed by atoms with E-state index >= 15 is 0 Å². The van der Waals surface area contributed by atoms with Crippen LogP contribution in [0.2, 0.25) is 0 Å². The highest BCUT2D eigenvalue weighted by atomic mass is 16.5. The van der Waals surface area contributed by atoms with Crippen molar-refractivity contribution in [2.45, 2.75) is 20.8 Å². The average Bonchev–Trinajstić information content (AvgIpc) is 2.87. The van der Waals surface area contributed by atoms with E-state index in [2.05, 4.69) is 29.6 Å².